The van der Waals surface area contributed by atoms with Crippen molar-refractivity contribution in [2.24, 2.45) is 5.92 Å². The maximum absolute atomic E-state index is 15.2. The maximum atomic E-state index is 15.2. The highest BCUT2D eigenvalue weighted by Crippen LogP contribution is 2.50. The highest BCUT2D eigenvalue weighted by Gasteiger charge is 2.52. The third-order valence-electron chi connectivity index (χ3n) is 7.66. The fourth-order valence-corrected chi connectivity index (χ4v) is 10.5. The molecule has 1 nitrogen and oxygen atoms in total. The molecule has 0 saturated carbocycles. The van der Waals surface area contributed by atoms with Crippen LogP contribution in [0, 0.1) is 40.8 Å². The van der Waals surface area contributed by atoms with Crippen LogP contribution in [-0.2, 0) is 0 Å². The molecule has 0 radical (unpaired) electrons. The lowest BCUT2D eigenvalue weighted by Gasteiger charge is -2.46. The van der Waals surface area contributed by atoms with Crippen LogP contribution in [-0.4, -0.2) is 8.32 Å². The normalized spacial score (nSPS) is 14.9. The van der Waals surface area contributed by atoms with E-state index in [1.54, 1.807) is 0 Å². The average Bonchev–Trinajstić information content (AvgIpc) is 2.79. The van der Waals surface area contributed by atoms with E-state index in [9.17, 15) is 22.0 Å². The molecule has 2 atom stereocenters. The van der Waals surface area contributed by atoms with Gasteiger partial charge in [-0.3, -0.25) is 0 Å². The topological polar surface area (TPSA) is 9.23 Å². The second kappa shape index (κ2) is 12.2. The van der Waals surface area contributed by atoms with Crippen LogP contribution in [0.5, 0.6) is 5.75 Å². The summed E-state index contributed by atoms with van der Waals surface area (Å²) < 4.78 is 94.2. The maximum Gasteiger partial charge on any atom is 0.259 e. The number of hydrogen-bond donors (Lipinski definition) is 0. The molecule has 36 heavy (non-hydrogen) atoms. The first-order valence-corrected chi connectivity index (χ1v) is 15.2. The quantitative estimate of drug-likeness (QED) is 0.0865. The Kier molecular flexibility index (Phi) is 10.4. The average molecular weight is 535 g/mol. The summed E-state index contributed by atoms with van der Waals surface area (Å²) in [7, 11) is -3.14. The van der Waals surface area contributed by atoms with E-state index in [0.717, 1.165) is 38.5 Å². The fraction of sp³-hybridized carbons (Fsp3) is 0.643. The fourth-order valence-electron chi connectivity index (χ4n) is 5.40. The van der Waals surface area contributed by atoms with Crippen LogP contribution in [0.2, 0.25) is 16.6 Å². The SMILES string of the molecule is CCCCCCC(CC)CC[Si](Oc1c(F)c(F)c(F)c2c(F)cc(F)c(F)c12)(C(C)C)C(C)(C)C. The Hall–Kier alpha value is -1.70. The van der Waals surface area contributed by atoms with Crippen molar-refractivity contribution in [3.8, 4) is 5.75 Å². The number of halogens is 6. The number of unbranched alkanes of at least 4 members (excludes halogenated alkanes) is 3. The number of benzene rings is 2. The van der Waals surface area contributed by atoms with Gasteiger partial charge < -0.3 is 4.43 Å². The predicted octanol–water partition coefficient (Wildman–Crippen LogP) is 10.6. The van der Waals surface area contributed by atoms with Gasteiger partial charge in [-0.1, -0.05) is 87.0 Å². The molecular weight excluding hydrogens is 494 g/mol. The number of rotatable bonds is 12. The van der Waals surface area contributed by atoms with E-state index in [0.29, 0.717) is 12.0 Å². The van der Waals surface area contributed by atoms with Crippen molar-refractivity contribution in [3.63, 3.8) is 0 Å². The Morgan fingerprint density at radius 3 is 1.94 bits per heavy atom. The van der Waals surface area contributed by atoms with Crippen LogP contribution in [0.25, 0.3) is 10.8 Å². The molecule has 0 aliphatic rings. The minimum Gasteiger partial charge on any atom is -0.540 e. The Morgan fingerprint density at radius 2 is 1.42 bits per heavy atom. The Morgan fingerprint density at radius 1 is 0.778 bits per heavy atom. The molecule has 0 aliphatic heterocycles. The van der Waals surface area contributed by atoms with E-state index in [2.05, 4.69) is 13.8 Å². The Labute approximate surface area is 212 Å². The second-order valence-corrected chi connectivity index (χ2v) is 16.4. The highest BCUT2D eigenvalue weighted by molar-refractivity contribution is 6.78. The summed E-state index contributed by atoms with van der Waals surface area (Å²) in [6, 6.07) is 0.683. The van der Waals surface area contributed by atoms with E-state index < -0.39 is 64.8 Å². The molecule has 8 heteroatoms. The van der Waals surface area contributed by atoms with Gasteiger partial charge in [0.2, 0.25) is 5.82 Å². The lowest BCUT2D eigenvalue weighted by molar-refractivity contribution is 0.379. The molecule has 0 aromatic heterocycles. The van der Waals surface area contributed by atoms with Gasteiger partial charge in [0.1, 0.15) is 5.82 Å². The standard InChI is InChI=1S/C28H40F6OSi/c1-8-10-11-12-13-18(9-2)14-15-36(17(3)4,28(5,6)7)35-27-22-21(24(32)25(33)26(27)34)19(29)16-20(30)23(22)31/h16-18H,8-15H2,1-7H3. The lowest BCUT2D eigenvalue weighted by Crippen LogP contribution is -2.53. The molecule has 0 spiro atoms. The summed E-state index contributed by atoms with van der Waals surface area (Å²) in [5.41, 5.74) is -0.140. The first-order chi connectivity index (χ1) is 16.7. The third kappa shape index (κ3) is 6.05. The van der Waals surface area contributed by atoms with Gasteiger partial charge in [-0.15, -0.1) is 0 Å². The zero-order valence-corrected chi connectivity index (χ0v) is 23.6. The molecule has 2 aromatic rings. The van der Waals surface area contributed by atoms with Gasteiger partial charge in [0, 0.05) is 6.07 Å². The van der Waals surface area contributed by atoms with Crippen LogP contribution in [0.4, 0.5) is 26.3 Å². The van der Waals surface area contributed by atoms with Gasteiger partial charge in [0.05, 0.1) is 10.8 Å². The van der Waals surface area contributed by atoms with Crippen LogP contribution in [0.3, 0.4) is 0 Å². The summed E-state index contributed by atoms with van der Waals surface area (Å²) in [6.07, 6.45) is 7.34. The van der Waals surface area contributed by atoms with E-state index in [4.69, 9.17) is 4.43 Å². The molecule has 0 aliphatic carbocycles. The van der Waals surface area contributed by atoms with Crippen molar-refractivity contribution in [2.45, 2.75) is 110 Å². The largest absolute Gasteiger partial charge is 0.540 e. The van der Waals surface area contributed by atoms with Crippen LogP contribution < -0.4 is 4.43 Å². The summed E-state index contributed by atoms with van der Waals surface area (Å²) in [6.45, 7) is 13.9. The molecule has 0 fully saturated rings. The minimum absolute atomic E-state index is 0.128. The van der Waals surface area contributed by atoms with Gasteiger partial charge in [0.25, 0.3) is 8.32 Å². The van der Waals surface area contributed by atoms with Crippen LogP contribution in [0.1, 0.15) is 93.4 Å². The van der Waals surface area contributed by atoms with E-state index in [1.807, 2.05) is 34.6 Å². The summed E-state index contributed by atoms with van der Waals surface area (Å²) >= 11 is 0. The van der Waals surface area contributed by atoms with Crippen molar-refractivity contribution >= 4 is 19.1 Å². The van der Waals surface area contributed by atoms with Gasteiger partial charge in [-0.25, -0.2) is 22.0 Å². The lowest BCUT2D eigenvalue weighted by atomic mass is 9.96. The van der Waals surface area contributed by atoms with Crippen molar-refractivity contribution in [1.29, 1.82) is 0 Å². The molecule has 2 aromatic carbocycles. The third-order valence-corrected chi connectivity index (χ3v) is 13.7. The van der Waals surface area contributed by atoms with Crippen LogP contribution >= 0.6 is 0 Å². The van der Waals surface area contributed by atoms with Crippen molar-refractivity contribution in [1.82, 2.24) is 0 Å². The van der Waals surface area contributed by atoms with Crippen molar-refractivity contribution in [3.05, 3.63) is 41.0 Å². The number of fused-ring (bicyclic) bond motifs is 1. The van der Waals surface area contributed by atoms with Crippen molar-refractivity contribution in [2.75, 3.05) is 0 Å². The van der Waals surface area contributed by atoms with Gasteiger partial charge in [-0.05, 0) is 29.0 Å². The van der Waals surface area contributed by atoms with E-state index >= 15 is 4.39 Å². The predicted molar refractivity (Wildman–Crippen MR) is 137 cm³/mol. The molecule has 2 rings (SSSR count). The summed E-state index contributed by atoms with van der Waals surface area (Å²) in [4.78, 5) is 0. The summed E-state index contributed by atoms with van der Waals surface area (Å²) in [5, 5.41) is -2.71. The van der Waals surface area contributed by atoms with Crippen molar-refractivity contribution < 1.29 is 30.8 Å². The minimum atomic E-state index is -3.14. The highest BCUT2D eigenvalue weighted by atomic mass is 28.4. The zero-order chi connectivity index (χ0) is 27.4. The first kappa shape index (κ1) is 30.5. The monoisotopic (exact) mass is 534 g/mol. The smallest absolute Gasteiger partial charge is 0.259 e. The Bertz CT molecular complexity index is 1050. The second-order valence-electron chi connectivity index (χ2n) is 11.2. The summed E-state index contributed by atoms with van der Waals surface area (Å²) in [5.74, 6) is -11.0. The molecule has 0 N–H and O–H groups in total. The van der Waals surface area contributed by atoms with Crippen LogP contribution in [0.15, 0.2) is 6.07 Å². The first-order valence-electron chi connectivity index (χ1n) is 13.1. The molecular formula is C28H40F6OSi. The molecule has 0 heterocycles. The van der Waals surface area contributed by atoms with Gasteiger partial charge in [0.15, 0.2) is 29.0 Å². The van der Waals surface area contributed by atoms with Gasteiger partial charge in [-0.2, -0.15) is 4.39 Å². The number of hydrogen-bond acceptors (Lipinski definition) is 1. The van der Waals surface area contributed by atoms with Gasteiger partial charge >= 0.3 is 0 Å². The Balaban J connectivity index is 2.64. The van der Waals surface area contributed by atoms with E-state index in [-0.39, 0.29) is 11.6 Å². The molecule has 0 amide bonds. The molecule has 204 valence electrons. The molecule has 2 unspecified atom stereocenters. The molecule has 0 bridgehead atoms. The zero-order valence-electron chi connectivity index (χ0n) is 22.6. The van der Waals surface area contributed by atoms with E-state index in [1.165, 1.54) is 6.42 Å². The molecule has 0 saturated heterocycles.